The molecule has 0 unspecified atom stereocenters. The van der Waals surface area contributed by atoms with Crippen LogP contribution in [0.1, 0.15) is 11.9 Å². The zero-order valence-electron chi connectivity index (χ0n) is 10.5. The average Bonchev–Trinajstić information content (AvgIpc) is 3.20. The summed E-state index contributed by atoms with van der Waals surface area (Å²) >= 11 is 0. The van der Waals surface area contributed by atoms with Crippen LogP contribution in [0.25, 0.3) is 11.5 Å². The van der Waals surface area contributed by atoms with Gasteiger partial charge < -0.3 is 19.7 Å². The zero-order chi connectivity index (χ0) is 13.8. The van der Waals surface area contributed by atoms with Gasteiger partial charge in [0, 0.05) is 26.4 Å². The highest BCUT2D eigenvalue weighted by molar-refractivity contribution is 5.92. The molecule has 3 heterocycles. The predicted octanol–water partition coefficient (Wildman–Crippen LogP) is 0.706. The molecule has 0 fully saturated rings. The van der Waals surface area contributed by atoms with Crippen molar-refractivity contribution in [1.29, 1.82) is 0 Å². The summed E-state index contributed by atoms with van der Waals surface area (Å²) in [6.07, 6.45) is 5.12. The molecule has 0 aliphatic carbocycles. The second-order valence-electron chi connectivity index (χ2n) is 4.07. The number of nitrogens with zero attached hydrogens (tertiary/aromatic N) is 2. The van der Waals surface area contributed by atoms with E-state index in [0.29, 0.717) is 24.6 Å². The number of rotatable bonds is 5. The zero-order valence-corrected chi connectivity index (χ0v) is 10.5. The summed E-state index contributed by atoms with van der Waals surface area (Å²) < 4.78 is 10.2. The van der Waals surface area contributed by atoms with Crippen molar-refractivity contribution in [3.63, 3.8) is 0 Å². The molecular formula is C12H15N5O3. The van der Waals surface area contributed by atoms with Gasteiger partial charge in [-0.3, -0.25) is 9.80 Å². The Labute approximate surface area is 115 Å². The maximum atomic E-state index is 11.9. The molecule has 3 N–H and O–H groups in total. The van der Waals surface area contributed by atoms with Crippen molar-refractivity contribution < 1.29 is 15.2 Å². The molecule has 1 aliphatic rings. The molecule has 8 nitrogen and oxygen atoms in total. The van der Waals surface area contributed by atoms with Gasteiger partial charge in [-0.25, -0.2) is 0 Å². The fourth-order valence-corrected chi connectivity index (χ4v) is 1.71. The number of nitrogens with one attached hydrogen (secondary N) is 3. The predicted molar refractivity (Wildman–Crippen MR) is 70.8 cm³/mol. The lowest BCUT2D eigenvalue weighted by Gasteiger charge is -2.14. The molecular weight excluding hydrogens is 262 g/mol. The maximum absolute atomic E-state index is 11.9. The lowest BCUT2D eigenvalue weighted by Crippen LogP contribution is -2.40. The molecule has 2 aromatic heterocycles. The number of carbonyl (C=O) groups excluding carboxylic acids is 1. The standard InChI is InChI=1S/C12H13N5O3.H2/c18-12(13-3-5-17-6-4-14-16-17)9-8-11(20-15-9)10-2-1-7-19-10;/h1-2,4,6-8,14,16H,3,5H2,(H,13,18);1H. The second kappa shape index (κ2) is 5.49. The van der Waals surface area contributed by atoms with Crippen molar-refractivity contribution in [3.8, 4) is 11.5 Å². The Morgan fingerprint density at radius 3 is 3.20 bits per heavy atom. The van der Waals surface area contributed by atoms with Crippen LogP contribution in [0.5, 0.6) is 0 Å². The third-order valence-electron chi connectivity index (χ3n) is 2.69. The minimum absolute atomic E-state index is 0. The van der Waals surface area contributed by atoms with Crippen molar-refractivity contribution in [1.82, 2.24) is 26.4 Å². The van der Waals surface area contributed by atoms with Crippen LogP contribution < -0.4 is 16.3 Å². The van der Waals surface area contributed by atoms with Crippen LogP contribution in [0, 0.1) is 0 Å². The van der Waals surface area contributed by atoms with Gasteiger partial charge in [0.15, 0.2) is 11.5 Å². The third kappa shape index (κ3) is 2.64. The van der Waals surface area contributed by atoms with Gasteiger partial charge in [0.2, 0.25) is 5.76 Å². The largest absolute Gasteiger partial charge is 0.461 e. The molecule has 0 saturated carbocycles. The first-order valence-electron chi connectivity index (χ1n) is 6.06. The van der Waals surface area contributed by atoms with Crippen LogP contribution in [0.15, 0.2) is 45.8 Å². The first-order valence-corrected chi connectivity index (χ1v) is 6.06. The molecule has 1 amide bonds. The molecule has 8 heteroatoms. The van der Waals surface area contributed by atoms with Crippen LogP contribution in [-0.4, -0.2) is 29.2 Å². The van der Waals surface area contributed by atoms with Crippen LogP contribution in [-0.2, 0) is 0 Å². The number of hydrogen-bond donors (Lipinski definition) is 3. The SMILES string of the molecule is O=C(NCCN1C=CNN1)c1cc(-c2ccco2)on1.[HH]. The minimum atomic E-state index is -0.289. The van der Waals surface area contributed by atoms with Crippen LogP contribution in [0.3, 0.4) is 0 Å². The number of hydrazine groups is 2. The number of carbonyl (C=O) groups is 1. The van der Waals surface area contributed by atoms with E-state index in [-0.39, 0.29) is 13.0 Å². The molecule has 1 aliphatic heterocycles. The van der Waals surface area contributed by atoms with E-state index in [1.165, 1.54) is 6.26 Å². The van der Waals surface area contributed by atoms with E-state index < -0.39 is 0 Å². The Kier molecular flexibility index (Phi) is 3.38. The highest BCUT2D eigenvalue weighted by atomic mass is 16.5. The van der Waals surface area contributed by atoms with Crippen molar-refractivity contribution in [3.05, 3.63) is 42.6 Å². The highest BCUT2D eigenvalue weighted by Gasteiger charge is 2.15. The summed E-state index contributed by atoms with van der Waals surface area (Å²) in [5.41, 5.74) is 5.89. The van der Waals surface area contributed by atoms with E-state index in [1.54, 1.807) is 29.4 Å². The fraction of sp³-hybridized carbons (Fsp3) is 0.167. The van der Waals surface area contributed by atoms with E-state index in [4.69, 9.17) is 8.94 Å². The van der Waals surface area contributed by atoms with Crippen molar-refractivity contribution >= 4 is 5.91 Å². The van der Waals surface area contributed by atoms with Gasteiger partial charge in [-0.2, -0.15) is 0 Å². The normalized spacial score (nSPS) is 13.5. The molecule has 20 heavy (non-hydrogen) atoms. The van der Waals surface area contributed by atoms with Gasteiger partial charge in [-0.05, 0) is 12.1 Å². The number of amides is 1. The number of furan rings is 1. The lowest BCUT2D eigenvalue weighted by atomic mass is 10.3. The average molecular weight is 277 g/mol. The number of hydrogen-bond acceptors (Lipinski definition) is 7. The summed E-state index contributed by atoms with van der Waals surface area (Å²) in [7, 11) is 0. The quantitative estimate of drug-likeness (QED) is 0.740. The topological polar surface area (TPSA) is 95.6 Å². The summed E-state index contributed by atoms with van der Waals surface area (Å²) in [4.78, 5) is 11.9. The van der Waals surface area contributed by atoms with Crippen LogP contribution in [0.4, 0.5) is 0 Å². The molecule has 0 radical (unpaired) electrons. The van der Waals surface area contributed by atoms with Crippen molar-refractivity contribution in [2.75, 3.05) is 13.1 Å². The van der Waals surface area contributed by atoms with Gasteiger partial charge in [-0.1, -0.05) is 5.16 Å². The van der Waals surface area contributed by atoms with Gasteiger partial charge in [0.1, 0.15) is 0 Å². The Bertz CT molecular complexity index is 610. The lowest BCUT2D eigenvalue weighted by molar-refractivity contribution is 0.0939. The fourth-order valence-electron chi connectivity index (χ4n) is 1.71. The first kappa shape index (κ1) is 12.3. The molecule has 3 rings (SSSR count). The van der Waals surface area contributed by atoms with Crippen molar-refractivity contribution in [2.24, 2.45) is 0 Å². The van der Waals surface area contributed by atoms with Gasteiger partial charge in [0.25, 0.3) is 5.91 Å². The van der Waals surface area contributed by atoms with Gasteiger partial charge >= 0.3 is 0 Å². The van der Waals surface area contributed by atoms with E-state index in [2.05, 4.69) is 21.4 Å². The van der Waals surface area contributed by atoms with Gasteiger partial charge in [0.05, 0.1) is 12.8 Å². The van der Waals surface area contributed by atoms with E-state index in [1.807, 2.05) is 6.20 Å². The monoisotopic (exact) mass is 277 g/mol. The summed E-state index contributed by atoms with van der Waals surface area (Å²) in [6.45, 7) is 1.10. The van der Waals surface area contributed by atoms with Crippen LogP contribution in [0.2, 0.25) is 0 Å². The summed E-state index contributed by atoms with van der Waals surface area (Å²) in [5.74, 6) is 0.671. The maximum Gasteiger partial charge on any atom is 0.273 e. The first-order chi connectivity index (χ1) is 9.83. The molecule has 0 aromatic carbocycles. The Morgan fingerprint density at radius 2 is 2.45 bits per heavy atom. The van der Waals surface area contributed by atoms with Crippen molar-refractivity contribution in [2.45, 2.75) is 0 Å². The molecule has 2 aromatic rings. The Morgan fingerprint density at radius 1 is 1.50 bits per heavy atom. The van der Waals surface area contributed by atoms with E-state index in [9.17, 15) is 4.79 Å². The molecule has 106 valence electrons. The van der Waals surface area contributed by atoms with Gasteiger partial charge in [-0.15, -0.1) is 5.53 Å². The number of aromatic nitrogens is 1. The highest BCUT2D eigenvalue weighted by Crippen LogP contribution is 2.20. The molecule has 0 saturated heterocycles. The smallest absolute Gasteiger partial charge is 0.273 e. The second-order valence-corrected chi connectivity index (χ2v) is 4.07. The molecule has 0 bridgehead atoms. The van der Waals surface area contributed by atoms with E-state index in [0.717, 1.165) is 0 Å². The molecule has 0 atom stereocenters. The summed E-state index contributed by atoms with van der Waals surface area (Å²) in [6, 6.07) is 5.02. The van der Waals surface area contributed by atoms with Crippen LogP contribution >= 0.6 is 0 Å². The summed E-state index contributed by atoms with van der Waals surface area (Å²) in [5, 5.41) is 8.27. The molecule has 0 spiro atoms. The third-order valence-corrected chi connectivity index (χ3v) is 2.69. The Hall–Kier alpha value is -2.74. The van der Waals surface area contributed by atoms with E-state index >= 15 is 0 Å². The minimum Gasteiger partial charge on any atom is -0.461 e. The Balaban J connectivity index is 0.00000161.